The van der Waals surface area contributed by atoms with Crippen LogP contribution in [0.15, 0.2) is 0 Å². The van der Waals surface area contributed by atoms with Gasteiger partial charge in [-0.1, -0.05) is 0 Å². The van der Waals surface area contributed by atoms with Gasteiger partial charge < -0.3 is 10.2 Å². The van der Waals surface area contributed by atoms with Gasteiger partial charge in [0.15, 0.2) is 0 Å². The predicted molar refractivity (Wildman–Crippen MR) is 41.0 cm³/mol. The molecule has 64 valence electrons. The van der Waals surface area contributed by atoms with Crippen LogP contribution in [0, 0.1) is 0 Å². The fourth-order valence-corrected chi connectivity index (χ4v) is 1.82. The highest BCUT2D eigenvalue weighted by atomic mass is 32.2. The first-order valence-corrected chi connectivity index (χ1v) is 3.90. The zero-order valence-electron chi connectivity index (χ0n) is 6.10. The first-order chi connectivity index (χ1) is 5.15. The third-order valence-corrected chi connectivity index (χ3v) is 2.48. The highest BCUT2D eigenvalue weighted by Crippen LogP contribution is 2.26. The summed E-state index contributed by atoms with van der Waals surface area (Å²) in [6.07, 6.45) is -1.00. The van der Waals surface area contributed by atoms with Crippen molar-refractivity contribution < 1.29 is 15.0 Å². The summed E-state index contributed by atoms with van der Waals surface area (Å²) in [5, 5.41) is 17.4. The van der Waals surface area contributed by atoms with E-state index in [4.69, 9.17) is 10.2 Å². The first-order valence-electron chi connectivity index (χ1n) is 3.17. The number of rotatable bonds is 1. The molecule has 1 heterocycles. The Labute approximate surface area is 68.9 Å². The highest BCUT2D eigenvalue weighted by molar-refractivity contribution is 7.95. The van der Waals surface area contributed by atoms with E-state index in [9.17, 15) is 4.79 Å². The summed E-state index contributed by atoms with van der Waals surface area (Å²) >= 11 is 1.11. The summed E-state index contributed by atoms with van der Waals surface area (Å²) in [6.45, 7) is 0.455. The van der Waals surface area contributed by atoms with E-state index in [1.165, 1.54) is 0 Å². The topological polar surface area (TPSA) is 64.0 Å². The molecule has 0 aromatic heterocycles. The van der Waals surface area contributed by atoms with Gasteiger partial charge in [0, 0.05) is 18.7 Å². The fourth-order valence-electron chi connectivity index (χ4n) is 0.944. The standard InChI is InChI=1S/C5H10N2O3S/c1-6-2-4(3-8)7(11-6)5(9)10/h4,8H,2-3H2,1H3,(H,9,10). The maximum Gasteiger partial charge on any atom is 0.418 e. The van der Waals surface area contributed by atoms with Gasteiger partial charge in [0.1, 0.15) is 0 Å². The minimum atomic E-state index is -1.00. The number of amides is 1. The van der Waals surface area contributed by atoms with E-state index >= 15 is 0 Å². The van der Waals surface area contributed by atoms with Crippen molar-refractivity contribution in [1.29, 1.82) is 0 Å². The number of nitrogens with zero attached hydrogens (tertiary/aromatic N) is 2. The van der Waals surface area contributed by atoms with E-state index in [1.54, 1.807) is 11.4 Å². The Balaban J connectivity index is 2.57. The average molecular weight is 178 g/mol. The Hall–Kier alpha value is -0.460. The van der Waals surface area contributed by atoms with Crippen LogP contribution in [-0.4, -0.2) is 51.2 Å². The number of aliphatic hydroxyl groups excluding tert-OH is 1. The van der Waals surface area contributed by atoms with E-state index in [-0.39, 0.29) is 12.6 Å². The number of likely N-dealkylation sites (N-methyl/N-ethyl adjacent to an activating group) is 1. The van der Waals surface area contributed by atoms with E-state index < -0.39 is 6.09 Å². The highest BCUT2D eigenvalue weighted by Gasteiger charge is 2.32. The van der Waals surface area contributed by atoms with Gasteiger partial charge in [-0.2, -0.15) is 0 Å². The van der Waals surface area contributed by atoms with Crippen LogP contribution in [0.3, 0.4) is 0 Å². The van der Waals surface area contributed by atoms with Gasteiger partial charge in [-0.15, -0.1) is 0 Å². The summed E-state index contributed by atoms with van der Waals surface area (Å²) in [4.78, 5) is 10.5. The summed E-state index contributed by atoms with van der Waals surface area (Å²) in [5.41, 5.74) is 0. The molecule has 1 rings (SSSR count). The molecule has 0 saturated carbocycles. The lowest BCUT2D eigenvalue weighted by atomic mass is 10.3. The summed E-state index contributed by atoms with van der Waals surface area (Å²) < 4.78 is 2.93. The molecule has 0 bridgehead atoms. The van der Waals surface area contributed by atoms with Gasteiger partial charge in [-0.05, 0) is 7.05 Å². The normalized spacial score (nSPS) is 26.0. The third kappa shape index (κ3) is 1.76. The molecule has 11 heavy (non-hydrogen) atoms. The molecule has 0 aromatic rings. The van der Waals surface area contributed by atoms with Crippen LogP contribution in [0.25, 0.3) is 0 Å². The lowest BCUT2D eigenvalue weighted by Crippen LogP contribution is -2.34. The van der Waals surface area contributed by atoms with Crippen molar-refractivity contribution in [2.45, 2.75) is 6.04 Å². The van der Waals surface area contributed by atoms with Crippen molar-refractivity contribution in [1.82, 2.24) is 8.61 Å². The number of aliphatic hydroxyl groups is 1. The molecule has 1 fully saturated rings. The molecule has 1 atom stereocenters. The van der Waals surface area contributed by atoms with Gasteiger partial charge in [0.2, 0.25) is 0 Å². The Morgan fingerprint density at radius 3 is 2.82 bits per heavy atom. The molecular formula is C5H10N2O3S. The molecule has 1 aliphatic rings. The summed E-state index contributed by atoms with van der Waals surface area (Å²) in [7, 11) is 1.79. The van der Waals surface area contributed by atoms with Crippen LogP contribution in [0.5, 0.6) is 0 Å². The lowest BCUT2D eigenvalue weighted by molar-refractivity contribution is 0.148. The molecule has 0 aromatic carbocycles. The maximum atomic E-state index is 10.5. The second-order valence-corrected chi connectivity index (χ2v) is 3.52. The SMILES string of the molecule is CN1CC(CO)N(C(=O)O)S1. The van der Waals surface area contributed by atoms with Gasteiger partial charge in [0.25, 0.3) is 0 Å². The summed E-state index contributed by atoms with van der Waals surface area (Å²) in [5.74, 6) is 0. The number of hydrogen-bond donors (Lipinski definition) is 2. The van der Waals surface area contributed by atoms with Gasteiger partial charge >= 0.3 is 6.09 Å². The lowest BCUT2D eigenvalue weighted by Gasteiger charge is -2.14. The minimum absolute atomic E-state index is 0.121. The zero-order chi connectivity index (χ0) is 8.43. The number of carbonyl (C=O) groups is 1. The Morgan fingerprint density at radius 2 is 2.45 bits per heavy atom. The quantitative estimate of drug-likeness (QED) is 0.546. The van der Waals surface area contributed by atoms with Crippen molar-refractivity contribution >= 4 is 18.2 Å². The average Bonchev–Trinajstić information content (AvgIpc) is 2.30. The van der Waals surface area contributed by atoms with Crippen LogP contribution in [-0.2, 0) is 0 Å². The molecule has 0 spiro atoms. The van der Waals surface area contributed by atoms with Crippen molar-refractivity contribution in [3.05, 3.63) is 0 Å². The van der Waals surface area contributed by atoms with Gasteiger partial charge in [-0.25, -0.2) is 13.4 Å². The van der Waals surface area contributed by atoms with E-state index in [1.807, 2.05) is 0 Å². The third-order valence-electron chi connectivity index (χ3n) is 1.43. The molecule has 0 radical (unpaired) electrons. The van der Waals surface area contributed by atoms with Crippen molar-refractivity contribution in [2.24, 2.45) is 0 Å². The molecule has 6 heteroatoms. The van der Waals surface area contributed by atoms with Crippen LogP contribution >= 0.6 is 12.1 Å². The predicted octanol–water partition coefficient (Wildman–Crippen LogP) is -0.164. The van der Waals surface area contributed by atoms with Crippen LogP contribution in [0.1, 0.15) is 0 Å². The fraction of sp³-hybridized carbons (Fsp3) is 0.800. The minimum Gasteiger partial charge on any atom is -0.464 e. The van der Waals surface area contributed by atoms with Gasteiger partial charge in [0.05, 0.1) is 12.6 Å². The van der Waals surface area contributed by atoms with Crippen molar-refractivity contribution in [3.8, 4) is 0 Å². The smallest absolute Gasteiger partial charge is 0.418 e. The second kappa shape index (κ2) is 3.29. The monoisotopic (exact) mass is 178 g/mol. The Bertz CT molecular complexity index is 166. The molecule has 1 aliphatic heterocycles. The molecule has 1 unspecified atom stereocenters. The van der Waals surface area contributed by atoms with Crippen molar-refractivity contribution in [2.75, 3.05) is 20.2 Å². The van der Waals surface area contributed by atoms with Crippen LogP contribution in [0.2, 0.25) is 0 Å². The Kier molecular flexibility index (Phi) is 2.58. The largest absolute Gasteiger partial charge is 0.464 e. The van der Waals surface area contributed by atoms with Crippen LogP contribution in [0.4, 0.5) is 4.79 Å². The molecular weight excluding hydrogens is 168 g/mol. The van der Waals surface area contributed by atoms with E-state index in [0.29, 0.717) is 6.54 Å². The first kappa shape index (κ1) is 8.63. The Morgan fingerprint density at radius 1 is 1.82 bits per heavy atom. The zero-order valence-corrected chi connectivity index (χ0v) is 6.91. The molecule has 5 nitrogen and oxygen atoms in total. The summed E-state index contributed by atoms with van der Waals surface area (Å²) in [6, 6.07) is -0.289. The number of hydrogen-bond acceptors (Lipinski definition) is 4. The second-order valence-electron chi connectivity index (χ2n) is 2.34. The van der Waals surface area contributed by atoms with Gasteiger partial charge in [-0.3, -0.25) is 0 Å². The molecule has 1 amide bonds. The number of carboxylic acid groups (broad SMARTS) is 1. The van der Waals surface area contributed by atoms with E-state index in [2.05, 4.69) is 0 Å². The molecule has 0 aliphatic carbocycles. The molecule has 2 N–H and O–H groups in total. The van der Waals surface area contributed by atoms with E-state index in [0.717, 1.165) is 16.4 Å². The van der Waals surface area contributed by atoms with Crippen LogP contribution < -0.4 is 0 Å². The van der Waals surface area contributed by atoms with Crippen molar-refractivity contribution in [3.63, 3.8) is 0 Å². The molecule has 1 saturated heterocycles. The maximum absolute atomic E-state index is 10.5.